The fourth-order valence-electron chi connectivity index (χ4n) is 2.42. The van der Waals surface area contributed by atoms with Crippen LogP contribution in [0.15, 0.2) is 46.0 Å². The first-order valence-electron chi connectivity index (χ1n) is 7.86. The summed E-state index contributed by atoms with van der Waals surface area (Å²) in [5.74, 6) is 1.29. The smallest absolute Gasteiger partial charge is 0.439 e. The predicted molar refractivity (Wildman–Crippen MR) is 85.6 cm³/mol. The Morgan fingerprint density at radius 1 is 1.17 bits per heavy atom. The third-order valence-electron chi connectivity index (χ3n) is 3.92. The van der Waals surface area contributed by atoms with Crippen molar-refractivity contribution in [3.8, 4) is 17.3 Å². The van der Waals surface area contributed by atoms with Crippen molar-refractivity contribution in [2.45, 2.75) is 19.3 Å². The minimum Gasteiger partial charge on any atom is -0.493 e. The molecule has 0 unspecified atom stereocenters. The Morgan fingerprint density at radius 3 is 2.67 bits per heavy atom. The molecule has 122 valence electrons. The topological polar surface area (TPSA) is 93.9 Å². The van der Waals surface area contributed by atoms with Crippen LogP contribution in [0.4, 0.5) is 0 Å². The first kappa shape index (κ1) is 14.6. The largest absolute Gasteiger partial charge is 0.493 e. The molecule has 1 aromatic carbocycles. The first-order chi connectivity index (χ1) is 11.8. The molecule has 0 aliphatic heterocycles. The number of nitrogens with one attached hydrogen (secondary N) is 1. The Balaban J connectivity index is 1.51. The van der Waals surface area contributed by atoms with E-state index in [4.69, 9.17) is 4.74 Å². The Hall–Kier alpha value is -2.96. The van der Waals surface area contributed by atoms with Crippen LogP contribution in [-0.2, 0) is 6.42 Å². The van der Waals surface area contributed by atoms with Crippen LogP contribution in [-0.4, -0.2) is 26.7 Å². The summed E-state index contributed by atoms with van der Waals surface area (Å²) in [6.07, 6.45) is 6.29. The third-order valence-corrected chi connectivity index (χ3v) is 3.92. The van der Waals surface area contributed by atoms with Gasteiger partial charge in [-0.05, 0) is 36.5 Å². The number of benzene rings is 1. The number of nitrogens with zero attached hydrogens (tertiary/aromatic N) is 3. The molecule has 0 radical (unpaired) electrons. The minimum atomic E-state index is -0.612. The number of rotatable bonds is 6. The molecule has 1 saturated carbocycles. The number of H-pyrrole nitrogens is 1. The molecule has 1 N–H and O–H groups in total. The molecule has 0 saturated heterocycles. The molecule has 0 spiro atoms. The second-order valence-electron chi connectivity index (χ2n) is 5.87. The summed E-state index contributed by atoms with van der Waals surface area (Å²) in [7, 11) is 0. The Bertz CT molecular complexity index is 881. The highest BCUT2D eigenvalue weighted by molar-refractivity contribution is 5.52. The lowest BCUT2D eigenvalue weighted by Crippen LogP contribution is -2.02. The predicted octanol–water partition coefficient (Wildman–Crippen LogP) is 2.20. The van der Waals surface area contributed by atoms with Gasteiger partial charge in [0.2, 0.25) is 5.82 Å². The van der Waals surface area contributed by atoms with E-state index < -0.39 is 5.76 Å². The van der Waals surface area contributed by atoms with Gasteiger partial charge in [-0.1, -0.05) is 17.3 Å². The van der Waals surface area contributed by atoms with Gasteiger partial charge < -0.3 is 4.74 Å². The highest BCUT2D eigenvalue weighted by Crippen LogP contribution is 2.29. The van der Waals surface area contributed by atoms with Crippen LogP contribution in [0, 0.1) is 5.92 Å². The zero-order valence-corrected chi connectivity index (χ0v) is 12.9. The van der Waals surface area contributed by atoms with Gasteiger partial charge in [-0.25, -0.2) is 9.78 Å². The van der Waals surface area contributed by atoms with E-state index in [1.807, 2.05) is 24.3 Å². The third kappa shape index (κ3) is 3.34. The van der Waals surface area contributed by atoms with E-state index >= 15 is 0 Å². The molecule has 0 amide bonds. The number of aromatic nitrogens is 4. The summed E-state index contributed by atoms with van der Waals surface area (Å²) in [5, 5.41) is 3.68. The zero-order valence-electron chi connectivity index (χ0n) is 12.9. The van der Waals surface area contributed by atoms with Gasteiger partial charge in [0.25, 0.3) is 0 Å². The van der Waals surface area contributed by atoms with Crippen LogP contribution in [0.3, 0.4) is 0 Å². The molecule has 2 heterocycles. The van der Waals surface area contributed by atoms with Crippen LogP contribution < -0.4 is 10.5 Å². The molecule has 7 nitrogen and oxygen atoms in total. The lowest BCUT2D eigenvalue weighted by molar-refractivity contribution is 0.299. The van der Waals surface area contributed by atoms with E-state index in [-0.39, 0.29) is 5.82 Å². The van der Waals surface area contributed by atoms with Crippen LogP contribution >= 0.6 is 0 Å². The Kier molecular flexibility index (Phi) is 3.82. The van der Waals surface area contributed by atoms with Gasteiger partial charge in [-0.15, -0.1) is 0 Å². The molecule has 7 heteroatoms. The molecule has 24 heavy (non-hydrogen) atoms. The van der Waals surface area contributed by atoms with Gasteiger partial charge in [0, 0.05) is 18.8 Å². The van der Waals surface area contributed by atoms with Gasteiger partial charge >= 0.3 is 5.76 Å². The molecular formula is C17H16N4O3. The summed E-state index contributed by atoms with van der Waals surface area (Å²) in [6.45, 7) is 0.799. The standard InChI is InChI=1S/C17H16N4O3/c22-17-20-16(21-24-17)15-14(18-7-8-19-15)9-11-3-5-13(6-4-11)23-10-12-1-2-12/h3-8,12H,1-2,9-10H2,(H,20,21,22). The fraction of sp³-hybridized carbons (Fsp3) is 0.294. The molecule has 0 atom stereocenters. The average molecular weight is 324 g/mol. The quantitative estimate of drug-likeness (QED) is 0.747. The number of aromatic amines is 1. The monoisotopic (exact) mass is 324 g/mol. The molecule has 1 aliphatic rings. The van der Waals surface area contributed by atoms with Gasteiger partial charge in [0.1, 0.15) is 11.4 Å². The van der Waals surface area contributed by atoms with Crippen molar-refractivity contribution in [1.29, 1.82) is 0 Å². The van der Waals surface area contributed by atoms with Crippen molar-refractivity contribution in [3.63, 3.8) is 0 Å². The molecule has 0 bridgehead atoms. The van der Waals surface area contributed by atoms with Crippen LogP contribution in [0.25, 0.3) is 11.5 Å². The normalized spacial score (nSPS) is 13.8. The van der Waals surface area contributed by atoms with Crippen LogP contribution in [0.5, 0.6) is 5.75 Å². The van der Waals surface area contributed by atoms with Crippen molar-refractivity contribution in [1.82, 2.24) is 20.1 Å². The molecular weight excluding hydrogens is 308 g/mol. The van der Waals surface area contributed by atoms with Gasteiger partial charge in [-0.2, -0.15) is 0 Å². The van der Waals surface area contributed by atoms with Crippen molar-refractivity contribution < 1.29 is 9.26 Å². The highest BCUT2D eigenvalue weighted by atomic mass is 16.5. The molecule has 4 rings (SSSR count). The van der Waals surface area contributed by atoms with Crippen molar-refractivity contribution in [2.24, 2.45) is 5.92 Å². The van der Waals surface area contributed by atoms with E-state index in [0.29, 0.717) is 17.8 Å². The summed E-state index contributed by atoms with van der Waals surface area (Å²) in [4.78, 5) is 22.2. The Morgan fingerprint density at radius 2 is 1.96 bits per heavy atom. The number of ether oxygens (including phenoxy) is 1. The zero-order chi connectivity index (χ0) is 16.4. The molecule has 1 aliphatic carbocycles. The van der Waals surface area contributed by atoms with E-state index in [1.54, 1.807) is 12.4 Å². The van der Waals surface area contributed by atoms with Gasteiger partial charge in [0.15, 0.2) is 0 Å². The van der Waals surface area contributed by atoms with Crippen LogP contribution in [0.1, 0.15) is 24.1 Å². The summed E-state index contributed by atoms with van der Waals surface area (Å²) < 4.78 is 10.3. The van der Waals surface area contributed by atoms with Gasteiger partial charge in [0.05, 0.1) is 12.3 Å². The van der Waals surface area contributed by atoms with E-state index in [2.05, 4.69) is 24.6 Å². The fourth-order valence-corrected chi connectivity index (χ4v) is 2.42. The van der Waals surface area contributed by atoms with Crippen LogP contribution in [0.2, 0.25) is 0 Å². The molecule has 1 fully saturated rings. The maximum absolute atomic E-state index is 11.1. The van der Waals surface area contributed by atoms with Crippen molar-refractivity contribution in [2.75, 3.05) is 6.61 Å². The number of hydrogen-bond donors (Lipinski definition) is 1. The Labute approximate surface area is 137 Å². The maximum atomic E-state index is 11.1. The van der Waals surface area contributed by atoms with Crippen molar-refractivity contribution >= 4 is 0 Å². The average Bonchev–Trinajstić information content (AvgIpc) is 3.34. The summed E-state index contributed by atoms with van der Waals surface area (Å²) >= 11 is 0. The van der Waals surface area contributed by atoms with E-state index in [0.717, 1.165) is 23.8 Å². The van der Waals surface area contributed by atoms with Gasteiger partial charge in [-0.3, -0.25) is 14.5 Å². The summed E-state index contributed by atoms with van der Waals surface area (Å²) in [6, 6.07) is 7.94. The summed E-state index contributed by atoms with van der Waals surface area (Å²) in [5.41, 5.74) is 2.30. The van der Waals surface area contributed by atoms with E-state index in [1.165, 1.54) is 12.8 Å². The molecule has 2 aromatic heterocycles. The second-order valence-corrected chi connectivity index (χ2v) is 5.87. The highest BCUT2D eigenvalue weighted by Gasteiger charge is 2.21. The van der Waals surface area contributed by atoms with Crippen molar-refractivity contribution in [3.05, 3.63) is 58.5 Å². The first-order valence-corrected chi connectivity index (χ1v) is 7.86. The van der Waals surface area contributed by atoms with E-state index in [9.17, 15) is 4.79 Å². The number of hydrogen-bond acceptors (Lipinski definition) is 6. The lowest BCUT2D eigenvalue weighted by Gasteiger charge is -2.07. The minimum absolute atomic E-state index is 0.285. The molecule has 3 aromatic rings. The maximum Gasteiger partial charge on any atom is 0.439 e. The second kappa shape index (κ2) is 6.27. The lowest BCUT2D eigenvalue weighted by atomic mass is 10.1. The SMILES string of the molecule is O=c1[nH]c(-c2nccnc2Cc2ccc(OCC3CC3)cc2)no1.